The van der Waals surface area contributed by atoms with Gasteiger partial charge in [0, 0.05) is 28.3 Å². The standard InChI is InChI=1S/C25H26ClN5O3/c26-21-13-18(7-6-17(21)8-11-23-28-30-31(29-23)14-24(32)33)20(12-15-2-1-3-15)22-10-9-19(16-4-5-16)25(34)27-22/h6-7,9-10,12-13,15-16H,1-5,8,11,14H2,(H,27,34)(H,32,33)/b20-12+. The van der Waals surface area contributed by atoms with E-state index in [1.54, 1.807) is 0 Å². The Hall–Kier alpha value is -3.26. The normalized spacial score (nSPS) is 16.4. The second-order valence-electron chi connectivity index (χ2n) is 9.14. The minimum absolute atomic E-state index is 0.00525. The van der Waals surface area contributed by atoms with Crippen molar-refractivity contribution in [1.29, 1.82) is 0 Å². The molecule has 2 aliphatic carbocycles. The molecular formula is C25H26ClN5O3. The number of tetrazole rings is 1. The smallest absolute Gasteiger partial charge is 0.327 e. The second kappa shape index (κ2) is 9.54. The minimum atomic E-state index is -1.02. The summed E-state index contributed by atoms with van der Waals surface area (Å²) in [7, 11) is 0. The number of allylic oxidation sites excluding steroid dienone is 1. The molecule has 1 aromatic carbocycles. The van der Waals surface area contributed by atoms with Crippen LogP contribution in [0.5, 0.6) is 0 Å². The van der Waals surface area contributed by atoms with E-state index in [2.05, 4.69) is 26.5 Å². The number of benzene rings is 1. The number of nitrogens with one attached hydrogen (secondary N) is 1. The average Bonchev–Trinajstić information content (AvgIpc) is 3.51. The van der Waals surface area contributed by atoms with Gasteiger partial charge in [0.2, 0.25) is 0 Å². The van der Waals surface area contributed by atoms with Crippen LogP contribution in [0.3, 0.4) is 0 Å². The van der Waals surface area contributed by atoms with Crippen LogP contribution in [-0.2, 0) is 24.2 Å². The van der Waals surface area contributed by atoms with Crippen molar-refractivity contribution in [3.8, 4) is 0 Å². The van der Waals surface area contributed by atoms with Crippen LogP contribution >= 0.6 is 11.6 Å². The Kier molecular flexibility index (Phi) is 6.32. The monoisotopic (exact) mass is 479 g/mol. The van der Waals surface area contributed by atoms with Crippen LogP contribution in [0, 0.1) is 5.92 Å². The van der Waals surface area contributed by atoms with E-state index in [4.69, 9.17) is 16.7 Å². The number of nitrogens with zero attached hydrogens (tertiary/aromatic N) is 4. The molecule has 2 heterocycles. The van der Waals surface area contributed by atoms with Gasteiger partial charge in [-0.3, -0.25) is 9.59 Å². The molecule has 2 N–H and O–H groups in total. The summed E-state index contributed by atoms with van der Waals surface area (Å²) in [5, 5.41) is 21.2. The van der Waals surface area contributed by atoms with Crippen LogP contribution in [0.2, 0.25) is 5.02 Å². The van der Waals surface area contributed by atoms with E-state index < -0.39 is 5.97 Å². The van der Waals surface area contributed by atoms with Gasteiger partial charge in [0.15, 0.2) is 12.4 Å². The third-order valence-electron chi connectivity index (χ3n) is 6.55. The first-order valence-corrected chi connectivity index (χ1v) is 12.1. The number of hydrogen-bond acceptors (Lipinski definition) is 5. The Morgan fingerprint density at radius 3 is 2.65 bits per heavy atom. The van der Waals surface area contributed by atoms with Gasteiger partial charge < -0.3 is 10.1 Å². The fourth-order valence-electron chi connectivity index (χ4n) is 4.27. The lowest BCUT2D eigenvalue weighted by atomic mass is 9.82. The predicted octanol–water partition coefficient (Wildman–Crippen LogP) is 3.99. The average molecular weight is 480 g/mol. The maximum Gasteiger partial charge on any atom is 0.327 e. The molecule has 0 bridgehead atoms. The lowest BCUT2D eigenvalue weighted by Crippen LogP contribution is -2.14. The predicted molar refractivity (Wildman–Crippen MR) is 128 cm³/mol. The first kappa shape index (κ1) is 22.5. The maximum absolute atomic E-state index is 12.7. The van der Waals surface area contributed by atoms with Crippen LogP contribution in [0.15, 0.2) is 41.2 Å². The van der Waals surface area contributed by atoms with Gasteiger partial charge in [-0.05, 0) is 72.4 Å². The van der Waals surface area contributed by atoms with Crippen molar-refractivity contribution >= 4 is 23.1 Å². The van der Waals surface area contributed by atoms with Gasteiger partial charge in [-0.15, -0.1) is 10.2 Å². The third kappa shape index (κ3) is 5.12. The van der Waals surface area contributed by atoms with Crippen molar-refractivity contribution in [3.05, 3.63) is 80.0 Å². The number of pyridine rings is 1. The van der Waals surface area contributed by atoms with Crippen LogP contribution in [-0.4, -0.2) is 36.3 Å². The van der Waals surface area contributed by atoms with Gasteiger partial charge in [0.1, 0.15) is 0 Å². The summed E-state index contributed by atoms with van der Waals surface area (Å²) in [5.41, 5.74) is 4.64. The number of aliphatic carboxylic acids is 1. The van der Waals surface area contributed by atoms with Crippen molar-refractivity contribution in [2.75, 3.05) is 0 Å². The van der Waals surface area contributed by atoms with Crippen LogP contribution in [0.25, 0.3) is 5.57 Å². The van der Waals surface area contributed by atoms with E-state index in [1.807, 2.05) is 30.3 Å². The highest BCUT2D eigenvalue weighted by Gasteiger charge is 2.26. The number of carboxylic acid groups (broad SMARTS) is 1. The number of carboxylic acids is 1. The van der Waals surface area contributed by atoms with E-state index in [0.717, 1.165) is 58.4 Å². The number of rotatable bonds is 9. The van der Waals surface area contributed by atoms with Gasteiger partial charge in [-0.25, -0.2) is 0 Å². The van der Waals surface area contributed by atoms with E-state index in [0.29, 0.717) is 35.5 Å². The van der Waals surface area contributed by atoms with E-state index in [-0.39, 0.29) is 12.1 Å². The quantitative estimate of drug-likeness (QED) is 0.479. The fraction of sp³-hybridized carbons (Fsp3) is 0.400. The summed E-state index contributed by atoms with van der Waals surface area (Å²) in [6, 6.07) is 9.97. The highest BCUT2D eigenvalue weighted by molar-refractivity contribution is 6.31. The molecule has 0 radical (unpaired) electrons. The first-order chi connectivity index (χ1) is 16.5. The van der Waals surface area contributed by atoms with E-state index in [9.17, 15) is 9.59 Å². The molecule has 2 saturated carbocycles. The number of aryl methyl sites for hydroxylation is 2. The summed E-state index contributed by atoms with van der Waals surface area (Å²) in [6.45, 7) is -0.317. The van der Waals surface area contributed by atoms with Crippen molar-refractivity contribution < 1.29 is 9.90 Å². The molecule has 176 valence electrons. The van der Waals surface area contributed by atoms with Crippen molar-refractivity contribution in [3.63, 3.8) is 0 Å². The van der Waals surface area contributed by atoms with Gasteiger partial charge in [0.05, 0.1) is 0 Å². The molecule has 9 heteroatoms. The molecule has 2 fully saturated rings. The molecule has 34 heavy (non-hydrogen) atoms. The van der Waals surface area contributed by atoms with Gasteiger partial charge in [-0.1, -0.05) is 42.3 Å². The first-order valence-electron chi connectivity index (χ1n) is 11.7. The number of halogens is 1. The highest BCUT2D eigenvalue weighted by atomic mass is 35.5. The molecule has 2 aliphatic rings. The topological polar surface area (TPSA) is 114 Å². The molecule has 0 unspecified atom stereocenters. The minimum Gasteiger partial charge on any atom is -0.480 e. The lowest BCUT2D eigenvalue weighted by molar-refractivity contribution is -0.138. The summed E-state index contributed by atoms with van der Waals surface area (Å²) in [6.07, 6.45) is 9.11. The van der Waals surface area contributed by atoms with Crippen LogP contribution < -0.4 is 5.56 Å². The molecule has 2 aromatic heterocycles. The number of aromatic amines is 1. The Labute approximate surface area is 201 Å². The molecule has 0 aliphatic heterocycles. The second-order valence-corrected chi connectivity index (χ2v) is 9.55. The number of aromatic nitrogens is 5. The number of hydrogen-bond donors (Lipinski definition) is 2. The number of H-pyrrole nitrogens is 1. The lowest BCUT2D eigenvalue weighted by Gasteiger charge is -2.23. The molecule has 0 spiro atoms. The van der Waals surface area contributed by atoms with E-state index in [1.165, 1.54) is 6.42 Å². The van der Waals surface area contributed by atoms with E-state index >= 15 is 0 Å². The molecule has 8 nitrogen and oxygen atoms in total. The van der Waals surface area contributed by atoms with Crippen molar-refractivity contribution in [2.45, 2.75) is 57.4 Å². The zero-order valence-electron chi connectivity index (χ0n) is 18.7. The zero-order chi connectivity index (χ0) is 23.7. The van der Waals surface area contributed by atoms with Crippen LogP contribution in [0.4, 0.5) is 0 Å². The van der Waals surface area contributed by atoms with Gasteiger partial charge in [0.25, 0.3) is 5.56 Å². The molecule has 0 saturated heterocycles. The SMILES string of the molecule is O=C(O)Cn1nnc(CCc2ccc(/C(=C\C3CCC3)c3ccc(C4CC4)c(=O)[nH]3)cc2Cl)n1. The van der Waals surface area contributed by atoms with Crippen LogP contribution in [0.1, 0.15) is 66.2 Å². The molecule has 0 amide bonds. The fourth-order valence-corrected chi connectivity index (χ4v) is 4.55. The molecule has 5 rings (SSSR count). The number of carbonyl (C=O) groups is 1. The Morgan fingerprint density at radius 2 is 2.00 bits per heavy atom. The molecule has 3 aromatic rings. The highest BCUT2D eigenvalue weighted by Crippen LogP contribution is 2.39. The maximum atomic E-state index is 12.7. The Bertz CT molecular complexity index is 1300. The molecule has 0 atom stereocenters. The van der Waals surface area contributed by atoms with Crippen molar-refractivity contribution in [1.82, 2.24) is 25.2 Å². The third-order valence-corrected chi connectivity index (χ3v) is 6.90. The largest absolute Gasteiger partial charge is 0.480 e. The van der Waals surface area contributed by atoms with Gasteiger partial charge in [-0.2, -0.15) is 4.80 Å². The zero-order valence-corrected chi connectivity index (χ0v) is 19.5. The summed E-state index contributed by atoms with van der Waals surface area (Å²) < 4.78 is 0. The summed E-state index contributed by atoms with van der Waals surface area (Å²) in [4.78, 5) is 27.6. The summed E-state index contributed by atoms with van der Waals surface area (Å²) in [5.74, 6) is 0.377. The Morgan fingerprint density at radius 1 is 1.18 bits per heavy atom. The Balaban J connectivity index is 1.36. The van der Waals surface area contributed by atoms with Crippen molar-refractivity contribution in [2.24, 2.45) is 5.92 Å². The van der Waals surface area contributed by atoms with Gasteiger partial charge >= 0.3 is 5.97 Å². The molecular weight excluding hydrogens is 454 g/mol. The summed E-state index contributed by atoms with van der Waals surface area (Å²) >= 11 is 6.65.